The van der Waals surface area contributed by atoms with Crippen molar-refractivity contribution in [3.05, 3.63) is 54.4 Å². The van der Waals surface area contributed by atoms with Crippen molar-refractivity contribution in [2.24, 2.45) is 11.8 Å². The summed E-state index contributed by atoms with van der Waals surface area (Å²) in [6.45, 7) is 0. The van der Waals surface area contributed by atoms with Crippen LogP contribution in [0.25, 0.3) is 5.65 Å². The fourth-order valence-corrected chi connectivity index (χ4v) is 5.57. The molecule has 2 heterocycles. The van der Waals surface area contributed by atoms with Crippen LogP contribution in [0.1, 0.15) is 36.0 Å². The first-order valence-corrected chi connectivity index (χ1v) is 11.2. The van der Waals surface area contributed by atoms with E-state index in [9.17, 15) is 13.2 Å². The third-order valence-corrected chi connectivity index (χ3v) is 7.33. The first-order valence-electron chi connectivity index (χ1n) is 9.73. The first kappa shape index (κ1) is 18.1. The van der Waals surface area contributed by atoms with Gasteiger partial charge in [0.2, 0.25) is 0 Å². The number of hydrogen-bond acceptors (Lipinski definition) is 5. The molecule has 2 aliphatic rings. The maximum atomic E-state index is 12.8. The molecule has 9 heteroatoms. The lowest BCUT2D eigenvalue weighted by atomic mass is 9.95. The molecule has 150 valence electrons. The first-order chi connectivity index (χ1) is 14.0. The number of fused-ring (bicyclic) bond motifs is 3. The van der Waals surface area contributed by atoms with E-state index in [1.54, 1.807) is 24.4 Å². The number of anilines is 1. The molecule has 8 nitrogen and oxygen atoms in total. The van der Waals surface area contributed by atoms with Crippen molar-refractivity contribution in [3.63, 3.8) is 0 Å². The second-order valence-electron chi connectivity index (χ2n) is 7.81. The highest BCUT2D eigenvalue weighted by atomic mass is 32.2. The van der Waals surface area contributed by atoms with Gasteiger partial charge in [0.1, 0.15) is 11.4 Å². The second kappa shape index (κ2) is 6.84. The van der Waals surface area contributed by atoms with Crippen LogP contribution in [0.15, 0.2) is 53.7 Å². The Labute approximate surface area is 168 Å². The molecule has 3 unspecified atom stereocenters. The fraction of sp³-hybridized carbons (Fsp3) is 0.350. The maximum Gasteiger partial charge on any atom is 0.263 e. The average molecular weight is 411 g/mol. The van der Waals surface area contributed by atoms with Gasteiger partial charge in [-0.1, -0.05) is 24.6 Å². The van der Waals surface area contributed by atoms with Gasteiger partial charge < -0.3 is 5.32 Å². The van der Waals surface area contributed by atoms with Crippen LogP contribution in [0.2, 0.25) is 0 Å². The standard InChI is InChI=1S/C20H21N5O3S/c26-20(22-17-11-13-6-7-14(17)10-13)16-12-21-25-9-8-18(23-19(16)25)24-29(27,28)15-4-2-1-3-5-15/h1-5,8-9,12-14,17H,6-7,10-11H2,(H,22,26)(H,23,24). The zero-order valence-corrected chi connectivity index (χ0v) is 16.5. The van der Waals surface area contributed by atoms with Gasteiger partial charge in [-0.3, -0.25) is 9.52 Å². The minimum absolute atomic E-state index is 0.135. The van der Waals surface area contributed by atoms with Gasteiger partial charge >= 0.3 is 0 Å². The molecule has 0 aliphatic heterocycles. The average Bonchev–Trinajstić information content (AvgIpc) is 3.43. The lowest BCUT2D eigenvalue weighted by Gasteiger charge is -2.22. The minimum atomic E-state index is -3.77. The van der Waals surface area contributed by atoms with Gasteiger partial charge in [0.05, 0.1) is 11.1 Å². The van der Waals surface area contributed by atoms with Gasteiger partial charge in [0.15, 0.2) is 5.65 Å². The zero-order valence-electron chi connectivity index (χ0n) is 15.7. The van der Waals surface area contributed by atoms with Gasteiger partial charge in [0, 0.05) is 12.2 Å². The van der Waals surface area contributed by atoms with E-state index in [4.69, 9.17) is 0 Å². The molecular weight excluding hydrogens is 390 g/mol. The third kappa shape index (κ3) is 3.35. The number of hydrogen-bond donors (Lipinski definition) is 2. The number of sulfonamides is 1. The molecule has 1 aromatic carbocycles. The predicted molar refractivity (Wildman–Crippen MR) is 107 cm³/mol. The molecule has 29 heavy (non-hydrogen) atoms. The second-order valence-corrected chi connectivity index (χ2v) is 9.49. The Morgan fingerprint density at radius 3 is 2.66 bits per heavy atom. The summed E-state index contributed by atoms with van der Waals surface area (Å²) in [5.41, 5.74) is 0.660. The summed E-state index contributed by atoms with van der Waals surface area (Å²) in [6, 6.07) is 9.79. The van der Waals surface area contributed by atoms with Crippen molar-refractivity contribution >= 4 is 27.4 Å². The van der Waals surface area contributed by atoms with Crippen molar-refractivity contribution in [2.45, 2.75) is 36.6 Å². The Balaban J connectivity index is 1.39. The summed E-state index contributed by atoms with van der Waals surface area (Å²) in [7, 11) is -3.77. The van der Waals surface area contributed by atoms with Crippen LogP contribution < -0.4 is 10.0 Å². The monoisotopic (exact) mass is 411 g/mol. The molecule has 2 aromatic heterocycles. The van der Waals surface area contributed by atoms with Crippen LogP contribution in [-0.4, -0.2) is 35.0 Å². The number of carbonyl (C=O) groups is 1. The fourth-order valence-electron chi connectivity index (χ4n) is 4.55. The SMILES string of the molecule is O=C(NC1CC2CCC1C2)c1cnn2ccc(NS(=O)(=O)c3ccccc3)nc12. The molecule has 0 saturated heterocycles. The normalized spacial score (nSPS) is 23.4. The molecule has 2 aliphatic carbocycles. The van der Waals surface area contributed by atoms with E-state index < -0.39 is 10.0 Å². The molecular formula is C20H21N5O3S. The number of benzene rings is 1. The number of nitrogens with one attached hydrogen (secondary N) is 2. The summed E-state index contributed by atoms with van der Waals surface area (Å²) >= 11 is 0. The quantitative estimate of drug-likeness (QED) is 0.671. The summed E-state index contributed by atoms with van der Waals surface area (Å²) < 4.78 is 29.0. The molecule has 3 atom stereocenters. The van der Waals surface area contributed by atoms with Crippen LogP contribution in [0.5, 0.6) is 0 Å². The molecule has 1 amide bonds. The largest absolute Gasteiger partial charge is 0.349 e. The molecule has 2 fully saturated rings. The third-order valence-electron chi connectivity index (χ3n) is 5.96. The highest BCUT2D eigenvalue weighted by molar-refractivity contribution is 7.92. The molecule has 0 spiro atoms. The highest BCUT2D eigenvalue weighted by Crippen LogP contribution is 2.44. The van der Waals surface area contributed by atoms with E-state index in [1.807, 2.05) is 0 Å². The van der Waals surface area contributed by atoms with Crippen LogP contribution in [0.4, 0.5) is 5.82 Å². The molecule has 2 saturated carbocycles. The van der Waals surface area contributed by atoms with Crippen molar-refractivity contribution < 1.29 is 13.2 Å². The van der Waals surface area contributed by atoms with Crippen LogP contribution in [-0.2, 0) is 10.0 Å². The van der Waals surface area contributed by atoms with E-state index in [0.717, 1.165) is 12.3 Å². The van der Waals surface area contributed by atoms with Crippen molar-refractivity contribution in [1.29, 1.82) is 0 Å². The van der Waals surface area contributed by atoms with E-state index in [2.05, 4.69) is 20.1 Å². The number of rotatable bonds is 5. The number of amides is 1. The lowest BCUT2D eigenvalue weighted by Crippen LogP contribution is -2.38. The van der Waals surface area contributed by atoms with Crippen molar-refractivity contribution in [2.75, 3.05) is 4.72 Å². The highest BCUT2D eigenvalue weighted by Gasteiger charge is 2.40. The molecule has 2 N–H and O–H groups in total. The Morgan fingerprint density at radius 2 is 1.93 bits per heavy atom. The molecule has 5 rings (SSSR count). The molecule has 0 radical (unpaired) electrons. The summed E-state index contributed by atoms with van der Waals surface area (Å²) in [6.07, 6.45) is 7.72. The van der Waals surface area contributed by atoms with E-state index in [1.165, 1.54) is 48.2 Å². The Morgan fingerprint density at radius 1 is 1.10 bits per heavy atom. The van der Waals surface area contributed by atoms with Gasteiger partial charge in [-0.2, -0.15) is 5.10 Å². The van der Waals surface area contributed by atoms with Crippen LogP contribution >= 0.6 is 0 Å². The Bertz CT molecular complexity index is 1180. The number of nitrogens with zero attached hydrogens (tertiary/aromatic N) is 3. The van der Waals surface area contributed by atoms with Gasteiger partial charge in [-0.15, -0.1) is 0 Å². The molecule has 2 bridgehead atoms. The van der Waals surface area contributed by atoms with E-state index >= 15 is 0 Å². The van der Waals surface area contributed by atoms with Crippen molar-refractivity contribution in [1.82, 2.24) is 19.9 Å². The summed E-state index contributed by atoms with van der Waals surface area (Å²) in [5, 5.41) is 7.30. The topological polar surface area (TPSA) is 105 Å². The van der Waals surface area contributed by atoms with Gasteiger partial charge in [-0.25, -0.2) is 17.9 Å². The summed E-state index contributed by atoms with van der Waals surface area (Å²) in [5.74, 6) is 1.21. The smallest absolute Gasteiger partial charge is 0.263 e. The van der Waals surface area contributed by atoms with Crippen LogP contribution in [0.3, 0.4) is 0 Å². The van der Waals surface area contributed by atoms with Crippen LogP contribution in [0, 0.1) is 11.8 Å². The Kier molecular flexibility index (Phi) is 4.27. The predicted octanol–water partition coefficient (Wildman–Crippen LogP) is 2.45. The number of aromatic nitrogens is 3. The Hall–Kier alpha value is -2.94. The minimum Gasteiger partial charge on any atom is -0.349 e. The molecule has 3 aromatic rings. The van der Waals surface area contributed by atoms with E-state index in [0.29, 0.717) is 17.1 Å². The maximum absolute atomic E-state index is 12.8. The number of carbonyl (C=O) groups excluding carboxylic acids is 1. The van der Waals surface area contributed by atoms with Crippen molar-refractivity contribution in [3.8, 4) is 0 Å². The van der Waals surface area contributed by atoms with Gasteiger partial charge in [-0.05, 0) is 49.3 Å². The zero-order chi connectivity index (χ0) is 20.0. The lowest BCUT2D eigenvalue weighted by molar-refractivity contribution is 0.0924. The van der Waals surface area contributed by atoms with E-state index in [-0.39, 0.29) is 22.7 Å². The summed E-state index contributed by atoms with van der Waals surface area (Å²) in [4.78, 5) is 17.3. The van der Waals surface area contributed by atoms with Gasteiger partial charge in [0.25, 0.3) is 15.9 Å².